The van der Waals surface area contributed by atoms with E-state index in [1.165, 1.54) is 17.3 Å². The van der Waals surface area contributed by atoms with E-state index in [0.717, 1.165) is 0 Å². The van der Waals surface area contributed by atoms with E-state index in [-0.39, 0.29) is 23.6 Å². The van der Waals surface area contributed by atoms with E-state index in [1.54, 1.807) is 19.3 Å². The Morgan fingerprint density at radius 1 is 1.36 bits per heavy atom. The van der Waals surface area contributed by atoms with Crippen molar-refractivity contribution in [2.24, 2.45) is 16.2 Å². The van der Waals surface area contributed by atoms with Gasteiger partial charge in [0.05, 0.1) is 0 Å². The number of rotatable bonds is 7. The zero-order chi connectivity index (χ0) is 16.5. The minimum atomic E-state index is -0.412. The van der Waals surface area contributed by atoms with Crippen LogP contribution in [0.5, 0.6) is 0 Å². The molecule has 0 bridgehead atoms. The van der Waals surface area contributed by atoms with Gasteiger partial charge in [0, 0.05) is 0 Å². The Morgan fingerprint density at radius 3 is 2.59 bits per heavy atom. The van der Waals surface area contributed by atoms with Gasteiger partial charge < -0.3 is 9.68 Å². The van der Waals surface area contributed by atoms with E-state index < -0.39 is 5.84 Å². The van der Waals surface area contributed by atoms with E-state index in [9.17, 15) is 0 Å². The molecule has 10 nitrogen and oxygen atoms in total. The van der Waals surface area contributed by atoms with Gasteiger partial charge >= 0.3 is 0 Å². The molecule has 0 atom stereocenters. The second-order valence-electron chi connectivity index (χ2n) is 5.03. The minimum Gasteiger partial charge on any atom is -0.395 e. The van der Waals surface area contributed by atoms with Crippen LogP contribution in [-0.4, -0.2) is 50.1 Å². The first-order valence-corrected chi connectivity index (χ1v) is 6.73. The van der Waals surface area contributed by atoms with Crippen LogP contribution in [0.2, 0.25) is 0 Å². The molecule has 0 aromatic carbocycles. The normalized spacial score (nSPS) is 12.7. The van der Waals surface area contributed by atoms with Crippen LogP contribution in [0.3, 0.4) is 0 Å². The van der Waals surface area contributed by atoms with Crippen LogP contribution in [0.4, 0.5) is 0 Å². The Bertz CT molecular complexity index is 523. The molecule has 0 radical (unpaired) electrons. The third-order valence-corrected chi connectivity index (χ3v) is 2.11. The summed E-state index contributed by atoms with van der Waals surface area (Å²) >= 11 is 0. The van der Waals surface area contributed by atoms with Gasteiger partial charge in [0.25, 0.3) is 0 Å². The van der Waals surface area contributed by atoms with Crippen molar-refractivity contribution in [1.82, 2.24) is 20.2 Å². The summed E-state index contributed by atoms with van der Waals surface area (Å²) in [5.41, 5.74) is 1.63. The molecule has 122 valence electrons. The molecule has 0 saturated carbocycles. The van der Waals surface area contributed by atoms with Crippen molar-refractivity contribution < 1.29 is 14.9 Å². The van der Waals surface area contributed by atoms with Crippen molar-refractivity contribution >= 4 is 17.4 Å². The molecule has 0 aliphatic carbocycles. The molecule has 1 heterocycles. The van der Waals surface area contributed by atoms with Gasteiger partial charge in [-0.1, -0.05) is 24.2 Å². The monoisotopic (exact) mass is 311 g/mol. The van der Waals surface area contributed by atoms with Crippen molar-refractivity contribution in [3.8, 4) is 0 Å². The lowest BCUT2D eigenvalue weighted by molar-refractivity contribution is 0.0852. The molecular weight excluding hydrogens is 290 g/mol. The number of nitrogens with zero attached hydrogens (tertiary/aromatic N) is 5. The molecule has 0 fully saturated rings. The third-order valence-electron chi connectivity index (χ3n) is 2.11. The van der Waals surface area contributed by atoms with Crippen molar-refractivity contribution in [3.05, 3.63) is 12.7 Å². The number of amidine groups is 1. The fourth-order valence-corrected chi connectivity index (χ4v) is 1.17. The molecule has 0 amide bonds. The quantitative estimate of drug-likeness (QED) is 0.389. The molecule has 3 N–H and O–H groups in total. The Morgan fingerprint density at radius 2 is 2.09 bits per heavy atom. The lowest BCUT2D eigenvalue weighted by Crippen LogP contribution is -2.37. The molecule has 0 unspecified atom stereocenters. The molecule has 22 heavy (non-hydrogen) atoms. The van der Waals surface area contributed by atoms with E-state index >= 15 is 0 Å². The van der Waals surface area contributed by atoms with Crippen LogP contribution in [0.25, 0.3) is 0 Å². The Labute approximate surface area is 128 Å². The van der Waals surface area contributed by atoms with Gasteiger partial charge in [-0.15, -0.1) is 0 Å². The van der Waals surface area contributed by atoms with Crippen LogP contribution < -0.4 is 5.48 Å². The highest BCUT2D eigenvalue weighted by Gasteiger charge is 2.20. The van der Waals surface area contributed by atoms with E-state index in [2.05, 4.69) is 20.4 Å². The fourth-order valence-electron chi connectivity index (χ4n) is 1.17. The maximum atomic E-state index is 8.99. The molecule has 0 saturated heterocycles. The first-order chi connectivity index (χ1) is 10.5. The molecule has 0 spiro atoms. The number of hydroxylamine groups is 1. The second kappa shape index (κ2) is 8.72. The number of nitrogens with one attached hydrogen (secondary N) is 2. The highest BCUT2D eigenvalue weighted by molar-refractivity contribution is 6.67. The van der Waals surface area contributed by atoms with Gasteiger partial charge in [-0.3, -0.25) is 16.1 Å². The van der Waals surface area contributed by atoms with Crippen LogP contribution in [0.1, 0.15) is 27.7 Å². The van der Waals surface area contributed by atoms with Gasteiger partial charge in [-0.2, -0.15) is 9.78 Å². The summed E-state index contributed by atoms with van der Waals surface area (Å²) in [6, 6.07) is 0. The summed E-state index contributed by atoms with van der Waals surface area (Å²) in [6.07, 6.45) is 2.48. The largest absolute Gasteiger partial charge is 0.395 e. The topological polar surface area (TPSA) is 130 Å². The number of hydrogen-bond donors (Lipinski definition) is 3. The molecule has 1 rings (SSSR count). The van der Waals surface area contributed by atoms with Crippen LogP contribution in [-0.2, 0) is 9.68 Å². The van der Waals surface area contributed by atoms with Crippen LogP contribution in [0, 0.1) is 11.3 Å². The van der Waals surface area contributed by atoms with Crippen molar-refractivity contribution in [1.29, 1.82) is 5.41 Å². The Hall–Kier alpha value is -2.49. The zero-order valence-electron chi connectivity index (χ0n) is 13.0. The standard InChI is InChI=1S/C12H21N7O3/c1-8(2)5-21-17-10(11(13)16-20)12(18-22-9(3)4)19-7-14-6-15-19/h6-9,20H,5H2,1-4H3,(H2,13,16)/b17-10-,18-12-. The Balaban J connectivity index is 3.13. The molecule has 1 aromatic heterocycles. The van der Waals surface area contributed by atoms with Crippen LogP contribution >= 0.6 is 0 Å². The minimum absolute atomic E-state index is 0.0570. The number of aromatic nitrogens is 3. The SMILES string of the molecule is CC(C)CO/N=C(C(=N)NO)\C(=N\OC(C)C)n1cncn1. The average molecular weight is 311 g/mol. The first-order valence-electron chi connectivity index (χ1n) is 6.73. The smallest absolute Gasteiger partial charge is 0.227 e. The molecule has 0 aliphatic heterocycles. The molecule has 1 aromatic rings. The van der Waals surface area contributed by atoms with Crippen molar-refractivity contribution in [3.63, 3.8) is 0 Å². The summed E-state index contributed by atoms with van der Waals surface area (Å²) in [4.78, 5) is 14.2. The summed E-state index contributed by atoms with van der Waals surface area (Å²) < 4.78 is 1.26. The molecular formula is C12H21N7O3. The summed E-state index contributed by atoms with van der Waals surface area (Å²) in [5, 5.41) is 28.4. The lowest BCUT2D eigenvalue weighted by atomic mass is 10.2. The lowest BCUT2D eigenvalue weighted by Gasteiger charge is -2.11. The van der Waals surface area contributed by atoms with Gasteiger partial charge in [0.1, 0.15) is 25.4 Å². The third kappa shape index (κ3) is 5.48. The van der Waals surface area contributed by atoms with Crippen molar-refractivity contribution in [2.45, 2.75) is 33.8 Å². The molecule has 10 heteroatoms. The van der Waals surface area contributed by atoms with Crippen LogP contribution in [0.15, 0.2) is 23.0 Å². The number of hydrogen-bond acceptors (Lipinski definition) is 8. The summed E-state index contributed by atoms with van der Waals surface area (Å²) in [6.45, 7) is 7.85. The average Bonchev–Trinajstić information content (AvgIpc) is 2.98. The predicted molar refractivity (Wildman–Crippen MR) is 79.9 cm³/mol. The summed E-state index contributed by atoms with van der Waals surface area (Å²) in [7, 11) is 0. The van der Waals surface area contributed by atoms with Crippen molar-refractivity contribution in [2.75, 3.05) is 6.61 Å². The predicted octanol–water partition coefficient (Wildman–Crippen LogP) is 0.849. The summed E-state index contributed by atoms with van der Waals surface area (Å²) in [5.74, 6) is -0.105. The van der Waals surface area contributed by atoms with E-state index in [0.29, 0.717) is 6.61 Å². The highest BCUT2D eigenvalue weighted by Crippen LogP contribution is 1.99. The zero-order valence-corrected chi connectivity index (χ0v) is 13.0. The Kier molecular flexibility index (Phi) is 6.96. The van der Waals surface area contributed by atoms with Gasteiger partial charge in [0.2, 0.25) is 5.84 Å². The highest BCUT2D eigenvalue weighted by atomic mass is 16.6. The van der Waals surface area contributed by atoms with E-state index in [1.807, 2.05) is 13.8 Å². The van der Waals surface area contributed by atoms with Gasteiger partial charge in [-0.25, -0.2) is 4.98 Å². The van der Waals surface area contributed by atoms with E-state index in [4.69, 9.17) is 20.3 Å². The maximum Gasteiger partial charge on any atom is 0.227 e. The number of oxime groups is 2. The van der Waals surface area contributed by atoms with Gasteiger partial charge in [0.15, 0.2) is 11.5 Å². The fraction of sp³-hybridized carbons (Fsp3) is 0.583. The van der Waals surface area contributed by atoms with Gasteiger partial charge in [-0.05, 0) is 19.8 Å². The first kappa shape index (κ1) is 17.6. The maximum absolute atomic E-state index is 8.99. The molecule has 0 aliphatic rings. The second-order valence-corrected chi connectivity index (χ2v) is 5.03.